The van der Waals surface area contributed by atoms with Crippen molar-refractivity contribution in [2.75, 3.05) is 0 Å². The molecule has 0 spiro atoms. The molecule has 3 rings (SSSR count). The fraction of sp³-hybridized carbons (Fsp3) is 0.625. The van der Waals surface area contributed by atoms with Crippen LogP contribution in [-0.4, -0.2) is 17.5 Å². The number of hydrogen-bond donors (Lipinski definition) is 0. The van der Waals surface area contributed by atoms with Crippen molar-refractivity contribution >= 4 is 0 Å². The van der Waals surface area contributed by atoms with Gasteiger partial charge >= 0.3 is 0 Å². The number of ether oxygens (including phenoxy) is 2. The van der Waals surface area contributed by atoms with Crippen LogP contribution in [0.1, 0.15) is 45.6 Å². The predicted molar refractivity (Wildman–Crippen MR) is 71.4 cm³/mol. The average molecular weight is 246 g/mol. The summed E-state index contributed by atoms with van der Waals surface area (Å²) in [4.78, 5) is 0. The summed E-state index contributed by atoms with van der Waals surface area (Å²) in [6.45, 7) is 8.43. The van der Waals surface area contributed by atoms with Crippen LogP contribution in [0.4, 0.5) is 0 Å². The second-order valence-electron chi connectivity index (χ2n) is 6.34. The predicted octanol–water partition coefficient (Wildman–Crippen LogP) is 3.72. The van der Waals surface area contributed by atoms with Gasteiger partial charge in [-0.05, 0) is 45.6 Å². The molecule has 1 saturated heterocycles. The normalized spacial score (nSPS) is 41.9. The van der Waals surface area contributed by atoms with Crippen molar-refractivity contribution in [3.63, 3.8) is 0 Å². The number of hydrogen-bond acceptors (Lipinski definition) is 2. The van der Waals surface area contributed by atoms with E-state index >= 15 is 0 Å². The summed E-state index contributed by atoms with van der Waals surface area (Å²) < 4.78 is 12.3. The second-order valence-corrected chi connectivity index (χ2v) is 6.34. The minimum absolute atomic E-state index is 0.152. The van der Waals surface area contributed by atoms with E-state index in [2.05, 4.69) is 58.0 Å². The van der Waals surface area contributed by atoms with E-state index in [1.807, 2.05) is 0 Å². The van der Waals surface area contributed by atoms with Gasteiger partial charge in [-0.25, -0.2) is 0 Å². The first kappa shape index (κ1) is 12.2. The van der Waals surface area contributed by atoms with Crippen molar-refractivity contribution in [3.05, 3.63) is 35.9 Å². The first-order chi connectivity index (χ1) is 8.42. The third-order valence-corrected chi connectivity index (χ3v) is 4.55. The van der Waals surface area contributed by atoms with E-state index in [9.17, 15) is 0 Å². The maximum atomic E-state index is 6.20. The molecule has 18 heavy (non-hydrogen) atoms. The van der Waals surface area contributed by atoms with Crippen molar-refractivity contribution < 1.29 is 9.47 Å². The summed E-state index contributed by atoms with van der Waals surface area (Å²) in [6, 6.07) is 10.7. The second kappa shape index (κ2) is 3.82. The topological polar surface area (TPSA) is 18.5 Å². The van der Waals surface area contributed by atoms with Crippen molar-refractivity contribution in [1.29, 1.82) is 0 Å². The molecule has 2 fully saturated rings. The zero-order valence-electron chi connectivity index (χ0n) is 11.6. The lowest BCUT2D eigenvalue weighted by Crippen LogP contribution is -2.33. The van der Waals surface area contributed by atoms with Crippen LogP contribution in [0.2, 0.25) is 0 Å². The standard InChI is InChI=1S/C16H22O2/c1-11-15(2,3)18-16(4,17-11)14-10-13(14)12-8-6-5-7-9-12/h5-9,11,13-14H,10H2,1-4H3. The van der Waals surface area contributed by atoms with Crippen LogP contribution in [0.5, 0.6) is 0 Å². The van der Waals surface area contributed by atoms with Crippen LogP contribution < -0.4 is 0 Å². The summed E-state index contributed by atoms with van der Waals surface area (Å²) in [5.74, 6) is 0.671. The van der Waals surface area contributed by atoms with Gasteiger partial charge < -0.3 is 9.47 Å². The highest BCUT2D eigenvalue weighted by molar-refractivity contribution is 5.27. The van der Waals surface area contributed by atoms with Crippen LogP contribution in [0.15, 0.2) is 30.3 Å². The molecule has 2 heteroatoms. The van der Waals surface area contributed by atoms with Gasteiger partial charge in [0, 0.05) is 5.92 Å². The molecule has 1 aromatic rings. The lowest BCUT2D eigenvalue weighted by molar-refractivity contribution is -0.186. The summed E-state index contributed by atoms with van der Waals surface area (Å²) in [5, 5.41) is 0. The average Bonchev–Trinajstić information content (AvgIpc) is 3.06. The first-order valence-electron chi connectivity index (χ1n) is 6.85. The summed E-state index contributed by atoms with van der Waals surface area (Å²) in [7, 11) is 0. The lowest BCUT2D eigenvalue weighted by atomic mass is 10.0. The van der Waals surface area contributed by atoms with E-state index in [1.54, 1.807) is 0 Å². The van der Waals surface area contributed by atoms with Crippen LogP contribution in [0.3, 0.4) is 0 Å². The Morgan fingerprint density at radius 2 is 1.78 bits per heavy atom. The summed E-state index contributed by atoms with van der Waals surface area (Å²) in [6.07, 6.45) is 1.32. The maximum Gasteiger partial charge on any atom is 0.170 e. The van der Waals surface area contributed by atoms with Crippen molar-refractivity contribution in [2.45, 2.75) is 57.5 Å². The van der Waals surface area contributed by atoms with Crippen molar-refractivity contribution in [3.8, 4) is 0 Å². The third kappa shape index (κ3) is 1.88. The SMILES string of the molecule is CC1OC(C)(C2CC2c2ccccc2)OC1(C)C. The zero-order chi connectivity index (χ0) is 13.0. The molecule has 1 aliphatic carbocycles. The van der Waals surface area contributed by atoms with Gasteiger partial charge in [0.1, 0.15) is 0 Å². The van der Waals surface area contributed by atoms with E-state index in [1.165, 1.54) is 12.0 Å². The van der Waals surface area contributed by atoms with Gasteiger partial charge in [-0.2, -0.15) is 0 Å². The molecule has 2 nitrogen and oxygen atoms in total. The van der Waals surface area contributed by atoms with E-state index in [-0.39, 0.29) is 11.7 Å². The number of benzene rings is 1. The maximum absolute atomic E-state index is 6.20. The molecule has 1 saturated carbocycles. The molecule has 4 atom stereocenters. The largest absolute Gasteiger partial charge is 0.344 e. The van der Waals surface area contributed by atoms with Gasteiger partial charge in [-0.3, -0.25) is 0 Å². The van der Waals surface area contributed by atoms with Gasteiger partial charge in [-0.15, -0.1) is 0 Å². The summed E-state index contributed by atoms with van der Waals surface area (Å²) >= 11 is 0. The van der Waals surface area contributed by atoms with Crippen LogP contribution >= 0.6 is 0 Å². The van der Waals surface area contributed by atoms with Crippen LogP contribution in [0, 0.1) is 5.92 Å². The fourth-order valence-electron chi connectivity index (χ4n) is 3.13. The Hall–Kier alpha value is -0.860. The Morgan fingerprint density at radius 3 is 2.33 bits per heavy atom. The minimum Gasteiger partial charge on any atom is -0.344 e. The van der Waals surface area contributed by atoms with Gasteiger partial charge in [0.05, 0.1) is 11.7 Å². The van der Waals surface area contributed by atoms with Crippen LogP contribution in [0.25, 0.3) is 0 Å². The number of rotatable bonds is 2. The zero-order valence-corrected chi connectivity index (χ0v) is 11.6. The molecule has 4 unspecified atom stereocenters. The van der Waals surface area contributed by atoms with Gasteiger partial charge in [-0.1, -0.05) is 30.3 Å². The molecule has 0 radical (unpaired) electrons. The van der Waals surface area contributed by atoms with E-state index in [4.69, 9.17) is 9.47 Å². The molecule has 98 valence electrons. The van der Waals surface area contributed by atoms with Gasteiger partial charge in [0.15, 0.2) is 5.79 Å². The molecule has 0 aromatic heterocycles. The Kier molecular flexibility index (Phi) is 2.58. The summed E-state index contributed by atoms with van der Waals surface area (Å²) in [5.41, 5.74) is 1.23. The molecule has 0 N–H and O–H groups in total. The Morgan fingerprint density at radius 1 is 1.11 bits per heavy atom. The van der Waals surface area contributed by atoms with E-state index < -0.39 is 5.79 Å². The van der Waals surface area contributed by atoms with E-state index in [0.717, 1.165) is 0 Å². The molecule has 1 aliphatic heterocycles. The van der Waals surface area contributed by atoms with E-state index in [0.29, 0.717) is 11.8 Å². The fourth-order valence-corrected chi connectivity index (χ4v) is 3.13. The Bertz CT molecular complexity index is 440. The molecule has 2 aliphatic rings. The van der Waals surface area contributed by atoms with Crippen LogP contribution in [-0.2, 0) is 9.47 Å². The first-order valence-corrected chi connectivity index (χ1v) is 6.85. The highest BCUT2D eigenvalue weighted by atomic mass is 16.8. The Balaban J connectivity index is 1.76. The molecular formula is C16H22O2. The smallest absolute Gasteiger partial charge is 0.170 e. The lowest BCUT2D eigenvalue weighted by Gasteiger charge is -2.26. The molecule has 0 amide bonds. The van der Waals surface area contributed by atoms with Crippen molar-refractivity contribution in [2.24, 2.45) is 5.92 Å². The Labute approximate surface area is 109 Å². The molecular weight excluding hydrogens is 224 g/mol. The minimum atomic E-state index is -0.413. The quantitative estimate of drug-likeness (QED) is 0.791. The van der Waals surface area contributed by atoms with Crippen molar-refractivity contribution in [1.82, 2.24) is 0 Å². The van der Waals surface area contributed by atoms with Gasteiger partial charge in [0.2, 0.25) is 0 Å². The highest BCUT2D eigenvalue weighted by Gasteiger charge is 2.59. The molecule has 1 aromatic carbocycles. The third-order valence-electron chi connectivity index (χ3n) is 4.55. The molecule has 0 bridgehead atoms. The monoisotopic (exact) mass is 246 g/mol. The highest BCUT2D eigenvalue weighted by Crippen LogP contribution is 2.58. The molecule has 1 heterocycles. The van der Waals surface area contributed by atoms with Gasteiger partial charge in [0.25, 0.3) is 0 Å².